The zero-order chi connectivity index (χ0) is 14.2. The zero-order valence-corrected chi connectivity index (χ0v) is 13.9. The average Bonchev–Trinajstić information content (AvgIpc) is 2.54. The molecule has 2 aromatic carbocycles. The van der Waals surface area contributed by atoms with Crippen LogP contribution in [-0.2, 0) is 4.74 Å². The summed E-state index contributed by atoms with van der Waals surface area (Å²) in [7, 11) is 0. The molecule has 0 bridgehead atoms. The maximum atomic E-state index is 13.6. The number of benzene rings is 2. The average molecular weight is 364 g/mol. The van der Waals surface area contributed by atoms with Gasteiger partial charge in [-0.2, -0.15) is 0 Å². The number of rotatable bonds is 1. The number of ether oxygens (including phenoxy) is 1. The minimum Gasteiger partial charge on any atom is -0.364 e. The molecule has 2 heterocycles. The quantitative estimate of drug-likeness (QED) is 0.827. The van der Waals surface area contributed by atoms with Crippen LogP contribution in [0.25, 0.3) is 0 Å². The van der Waals surface area contributed by atoms with E-state index in [4.69, 9.17) is 4.74 Å². The van der Waals surface area contributed by atoms with Crippen molar-refractivity contribution in [2.45, 2.75) is 24.5 Å². The highest BCUT2D eigenvalue weighted by molar-refractivity contribution is 8.93. The van der Waals surface area contributed by atoms with E-state index in [0.29, 0.717) is 5.92 Å². The van der Waals surface area contributed by atoms with Crippen molar-refractivity contribution in [1.82, 2.24) is 5.32 Å². The van der Waals surface area contributed by atoms with Gasteiger partial charge in [0, 0.05) is 12.5 Å². The van der Waals surface area contributed by atoms with E-state index in [-0.39, 0.29) is 35.0 Å². The number of hydrogen-bond donors (Lipinski definition) is 1. The summed E-state index contributed by atoms with van der Waals surface area (Å²) in [5.41, 5.74) is 3.45. The lowest BCUT2D eigenvalue weighted by molar-refractivity contribution is -0.0313. The van der Waals surface area contributed by atoms with Crippen LogP contribution in [0.3, 0.4) is 0 Å². The van der Waals surface area contributed by atoms with E-state index in [9.17, 15) is 4.39 Å². The summed E-state index contributed by atoms with van der Waals surface area (Å²) in [4.78, 5) is 0. The highest BCUT2D eigenvalue weighted by atomic mass is 79.9. The number of piperidine rings is 1. The molecule has 116 valence electrons. The van der Waals surface area contributed by atoms with E-state index >= 15 is 0 Å². The summed E-state index contributed by atoms with van der Waals surface area (Å²) in [5.74, 6) is 0.240. The first-order valence-electron chi connectivity index (χ1n) is 7.53. The van der Waals surface area contributed by atoms with Crippen molar-refractivity contribution in [3.8, 4) is 0 Å². The summed E-state index contributed by atoms with van der Waals surface area (Å²) in [6.07, 6.45) is 1.09. The molecule has 0 aromatic heterocycles. The normalized spacial score (nSPS) is 26.5. The van der Waals surface area contributed by atoms with Gasteiger partial charge in [-0.05, 0) is 41.8 Å². The van der Waals surface area contributed by atoms with Gasteiger partial charge in [0.05, 0.1) is 6.10 Å². The maximum Gasteiger partial charge on any atom is 0.123 e. The van der Waals surface area contributed by atoms with E-state index in [1.165, 1.54) is 17.2 Å². The minimum atomic E-state index is -0.211. The van der Waals surface area contributed by atoms with Gasteiger partial charge in [-0.15, -0.1) is 17.0 Å². The third-order valence-corrected chi connectivity index (χ3v) is 4.57. The Morgan fingerprint density at radius 3 is 2.68 bits per heavy atom. The lowest BCUT2D eigenvalue weighted by atomic mass is 9.80. The van der Waals surface area contributed by atoms with Gasteiger partial charge in [-0.1, -0.05) is 36.4 Å². The summed E-state index contributed by atoms with van der Waals surface area (Å²) in [5, 5.41) is 3.40. The second-order valence-corrected chi connectivity index (χ2v) is 5.84. The third-order valence-electron chi connectivity index (χ3n) is 4.57. The molecule has 1 N–H and O–H groups in total. The summed E-state index contributed by atoms with van der Waals surface area (Å²) in [6, 6.07) is 15.2. The number of fused-ring (bicyclic) bond motifs is 3. The van der Waals surface area contributed by atoms with Gasteiger partial charge in [0.25, 0.3) is 0 Å². The molecule has 0 radical (unpaired) electrons. The molecule has 2 nitrogen and oxygen atoms in total. The van der Waals surface area contributed by atoms with Crippen molar-refractivity contribution in [2.75, 3.05) is 13.1 Å². The fourth-order valence-electron chi connectivity index (χ4n) is 3.59. The highest BCUT2D eigenvalue weighted by Gasteiger charge is 2.37. The number of hydrogen-bond acceptors (Lipinski definition) is 2. The van der Waals surface area contributed by atoms with Crippen LogP contribution in [-0.4, -0.2) is 19.2 Å². The molecule has 4 rings (SSSR count). The molecule has 1 unspecified atom stereocenters. The van der Waals surface area contributed by atoms with Crippen LogP contribution in [0.2, 0.25) is 0 Å². The molecule has 2 aromatic rings. The Balaban J connectivity index is 0.00000144. The minimum absolute atomic E-state index is 0. The smallest absolute Gasteiger partial charge is 0.123 e. The Morgan fingerprint density at radius 2 is 1.86 bits per heavy atom. The molecule has 22 heavy (non-hydrogen) atoms. The first-order valence-corrected chi connectivity index (χ1v) is 7.53. The molecule has 0 aliphatic carbocycles. The van der Waals surface area contributed by atoms with Crippen LogP contribution in [0, 0.1) is 5.82 Å². The number of nitrogens with one attached hydrogen (secondary N) is 1. The van der Waals surface area contributed by atoms with Crippen molar-refractivity contribution >= 4 is 17.0 Å². The molecule has 0 spiro atoms. The first-order chi connectivity index (χ1) is 10.3. The molecule has 0 amide bonds. The molecule has 2 aliphatic rings. The lowest BCUT2D eigenvalue weighted by Gasteiger charge is -2.41. The Labute approximate surface area is 140 Å². The molecule has 4 heteroatoms. The third kappa shape index (κ3) is 2.71. The second-order valence-electron chi connectivity index (χ2n) is 5.84. The van der Waals surface area contributed by atoms with Crippen LogP contribution in [0.1, 0.15) is 35.1 Å². The SMILES string of the molecule is Br.Fc1cccc(C2O[C@H]3CNCC[C@H]3c3ccccc32)c1. The van der Waals surface area contributed by atoms with Gasteiger partial charge >= 0.3 is 0 Å². The summed E-state index contributed by atoms with van der Waals surface area (Å²) >= 11 is 0. The number of halogens is 2. The van der Waals surface area contributed by atoms with E-state index < -0.39 is 0 Å². The largest absolute Gasteiger partial charge is 0.364 e. The van der Waals surface area contributed by atoms with Crippen molar-refractivity contribution in [2.24, 2.45) is 0 Å². The zero-order valence-electron chi connectivity index (χ0n) is 12.2. The van der Waals surface area contributed by atoms with Gasteiger partial charge in [-0.25, -0.2) is 4.39 Å². The lowest BCUT2D eigenvalue weighted by Crippen LogP contribution is -2.44. The molecular weight excluding hydrogens is 345 g/mol. The van der Waals surface area contributed by atoms with Gasteiger partial charge in [0.2, 0.25) is 0 Å². The Bertz CT molecular complexity index is 663. The molecule has 0 saturated carbocycles. The standard InChI is InChI=1S/C18H18FNO.BrH/c19-13-5-3-4-12(10-13)18-16-7-2-1-6-14(16)15-8-9-20-11-17(15)21-18;/h1-7,10,15,17-18,20H,8-9,11H2;1H/t15-,17-,18?;/m0./s1. The fraction of sp³-hybridized carbons (Fsp3) is 0.333. The predicted octanol–water partition coefficient (Wildman–Crippen LogP) is 3.97. The summed E-state index contributed by atoms with van der Waals surface area (Å²) in [6.45, 7) is 1.90. The van der Waals surface area contributed by atoms with Crippen LogP contribution >= 0.6 is 17.0 Å². The van der Waals surface area contributed by atoms with E-state index in [0.717, 1.165) is 25.1 Å². The van der Waals surface area contributed by atoms with E-state index in [2.05, 4.69) is 23.5 Å². The van der Waals surface area contributed by atoms with E-state index in [1.807, 2.05) is 12.1 Å². The Hall–Kier alpha value is -1.23. The topological polar surface area (TPSA) is 21.3 Å². The van der Waals surface area contributed by atoms with Crippen LogP contribution < -0.4 is 5.32 Å². The van der Waals surface area contributed by atoms with Gasteiger partial charge in [0.15, 0.2) is 0 Å². The first kappa shape index (κ1) is 15.7. The van der Waals surface area contributed by atoms with Gasteiger partial charge in [-0.3, -0.25) is 0 Å². The van der Waals surface area contributed by atoms with Gasteiger partial charge in [0.1, 0.15) is 11.9 Å². The highest BCUT2D eigenvalue weighted by Crippen LogP contribution is 2.43. The fourth-order valence-corrected chi connectivity index (χ4v) is 3.59. The molecule has 2 aliphatic heterocycles. The van der Waals surface area contributed by atoms with Crippen LogP contribution in [0.15, 0.2) is 48.5 Å². The molecule has 3 atom stereocenters. The van der Waals surface area contributed by atoms with Crippen LogP contribution in [0.5, 0.6) is 0 Å². The predicted molar refractivity (Wildman–Crippen MR) is 90.1 cm³/mol. The molecule has 1 saturated heterocycles. The van der Waals surface area contributed by atoms with Gasteiger partial charge < -0.3 is 10.1 Å². The van der Waals surface area contributed by atoms with E-state index in [1.54, 1.807) is 12.1 Å². The van der Waals surface area contributed by atoms with Crippen molar-refractivity contribution < 1.29 is 9.13 Å². The second kappa shape index (κ2) is 6.49. The maximum absolute atomic E-state index is 13.6. The molecular formula is C18H19BrFNO. The Kier molecular flexibility index (Phi) is 4.62. The molecule has 1 fully saturated rings. The van der Waals surface area contributed by atoms with Crippen molar-refractivity contribution in [1.29, 1.82) is 0 Å². The van der Waals surface area contributed by atoms with Crippen molar-refractivity contribution in [3.63, 3.8) is 0 Å². The monoisotopic (exact) mass is 363 g/mol. The van der Waals surface area contributed by atoms with Crippen molar-refractivity contribution in [3.05, 3.63) is 71.0 Å². The Morgan fingerprint density at radius 1 is 1.05 bits per heavy atom. The van der Waals surface area contributed by atoms with Crippen LogP contribution in [0.4, 0.5) is 4.39 Å². The summed E-state index contributed by atoms with van der Waals surface area (Å²) < 4.78 is 19.9.